The van der Waals surface area contributed by atoms with E-state index in [1.807, 2.05) is 23.1 Å². The number of hydrogen-bond acceptors (Lipinski definition) is 4. The number of β-amino-alcohol motifs (C(OH)–C–C–N with tert-alkyl or cyclic N) is 1. The highest BCUT2D eigenvalue weighted by molar-refractivity contribution is 5.76. The molecule has 1 aliphatic heterocycles. The molecule has 0 radical (unpaired) electrons. The Hall–Kier alpha value is -1.59. The topological polar surface area (TPSA) is 64.0 Å². The fourth-order valence-corrected chi connectivity index (χ4v) is 2.31. The summed E-state index contributed by atoms with van der Waals surface area (Å²) in [6.07, 6.45) is 0. The molecule has 0 aliphatic carbocycles. The van der Waals surface area contributed by atoms with Crippen molar-refractivity contribution in [1.82, 2.24) is 4.90 Å². The van der Waals surface area contributed by atoms with Gasteiger partial charge in [-0.1, -0.05) is 18.2 Å². The van der Waals surface area contributed by atoms with Gasteiger partial charge >= 0.3 is 5.97 Å². The fraction of sp³-hybridized carbons (Fsp3) is 0.500. The number of nitrogens with zero attached hydrogens (tertiary/aromatic N) is 2. The van der Waals surface area contributed by atoms with Crippen molar-refractivity contribution in [2.45, 2.75) is 12.5 Å². The molecule has 0 spiro atoms. The van der Waals surface area contributed by atoms with E-state index in [2.05, 4.69) is 17.0 Å². The molecule has 1 unspecified atom stereocenters. The third kappa shape index (κ3) is 3.45. The molecule has 2 N–H and O–H groups in total. The largest absolute Gasteiger partial charge is 0.479 e. The number of aliphatic hydroxyl groups is 1. The number of piperazine rings is 1. The molecular formula is C14H20N2O3. The van der Waals surface area contributed by atoms with E-state index in [9.17, 15) is 9.90 Å². The lowest BCUT2D eigenvalue weighted by atomic mass is 10.1. The number of anilines is 1. The maximum atomic E-state index is 10.9. The van der Waals surface area contributed by atoms with Gasteiger partial charge in [-0.15, -0.1) is 0 Å². The van der Waals surface area contributed by atoms with Crippen LogP contribution in [0, 0.1) is 0 Å². The minimum Gasteiger partial charge on any atom is -0.479 e. The van der Waals surface area contributed by atoms with Crippen molar-refractivity contribution < 1.29 is 15.0 Å². The molecule has 5 nitrogen and oxygen atoms in total. The maximum Gasteiger partial charge on any atom is 0.336 e. The van der Waals surface area contributed by atoms with Gasteiger partial charge in [0.2, 0.25) is 0 Å². The number of carboxylic acids is 1. The van der Waals surface area contributed by atoms with E-state index >= 15 is 0 Å². The summed E-state index contributed by atoms with van der Waals surface area (Å²) in [5, 5.41) is 18.7. The van der Waals surface area contributed by atoms with Crippen LogP contribution in [0.15, 0.2) is 30.3 Å². The van der Waals surface area contributed by atoms with Crippen molar-refractivity contribution in [1.29, 1.82) is 0 Å². The number of carboxylic acid groups (broad SMARTS) is 1. The summed E-state index contributed by atoms with van der Waals surface area (Å²) in [5.41, 5.74) is -0.485. The lowest BCUT2D eigenvalue weighted by Crippen LogP contribution is -2.53. The highest BCUT2D eigenvalue weighted by Gasteiger charge is 2.33. The Morgan fingerprint density at radius 3 is 2.32 bits per heavy atom. The molecule has 1 aliphatic rings. The molecule has 19 heavy (non-hydrogen) atoms. The van der Waals surface area contributed by atoms with Gasteiger partial charge in [0.1, 0.15) is 0 Å². The standard InChI is InChI=1S/C14H20N2O3/c1-14(19,13(17)18)11-15-7-9-16(10-8-15)12-5-3-2-4-6-12/h2-6,19H,7-11H2,1H3,(H,17,18). The second kappa shape index (κ2) is 5.59. The molecule has 0 saturated carbocycles. The third-order valence-electron chi connectivity index (χ3n) is 3.49. The van der Waals surface area contributed by atoms with Crippen molar-refractivity contribution in [3.05, 3.63) is 30.3 Å². The molecule has 1 aromatic carbocycles. The van der Waals surface area contributed by atoms with Gasteiger partial charge in [0.05, 0.1) is 0 Å². The molecule has 0 aromatic heterocycles. The van der Waals surface area contributed by atoms with E-state index in [4.69, 9.17) is 5.11 Å². The number of benzene rings is 1. The van der Waals surface area contributed by atoms with Crippen molar-refractivity contribution in [3.63, 3.8) is 0 Å². The quantitative estimate of drug-likeness (QED) is 0.836. The van der Waals surface area contributed by atoms with Crippen LogP contribution in [0.2, 0.25) is 0 Å². The Morgan fingerprint density at radius 1 is 1.21 bits per heavy atom. The first-order valence-electron chi connectivity index (χ1n) is 6.47. The first-order valence-corrected chi connectivity index (χ1v) is 6.47. The molecule has 1 fully saturated rings. The van der Waals surface area contributed by atoms with Crippen molar-refractivity contribution in [2.75, 3.05) is 37.6 Å². The predicted molar refractivity (Wildman–Crippen MR) is 73.4 cm³/mol. The lowest BCUT2D eigenvalue weighted by Gasteiger charge is -2.38. The number of para-hydroxylation sites is 1. The van der Waals surface area contributed by atoms with Gasteiger partial charge < -0.3 is 15.1 Å². The smallest absolute Gasteiger partial charge is 0.336 e. The van der Waals surface area contributed by atoms with Crippen LogP contribution >= 0.6 is 0 Å². The van der Waals surface area contributed by atoms with E-state index in [-0.39, 0.29) is 6.54 Å². The number of rotatable bonds is 4. The SMILES string of the molecule is CC(O)(CN1CCN(c2ccccc2)CC1)C(=O)O. The lowest BCUT2D eigenvalue weighted by molar-refractivity contribution is -0.158. The predicted octanol–water partition coefficient (Wildman–Crippen LogP) is 0.644. The summed E-state index contributed by atoms with van der Waals surface area (Å²) < 4.78 is 0. The summed E-state index contributed by atoms with van der Waals surface area (Å²) in [7, 11) is 0. The van der Waals surface area contributed by atoms with Gasteiger partial charge in [-0.25, -0.2) is 4.79 Å². The third-order valence-corrected chi connectivity index (χ3v) is 3.49. The molecule has 104 valence electrons. The molecule has 1 saturated heterocycles. The average molecular weight is 264 g/mol. The van der Waals surface area contributed by atoms with Gasteiger partial charge in [-0.2, -0.15) is 0 Å². The maximum absolute atomic E-state index is 10.9. The van der Waals surface area contributed by atoms with Crippen molar-refractivity contribution in [3.8, 4) is 0 Å². The van der Waals surface area contributed by atoms with Gasteiger partial charge in [0, 0.05) is 38.4 Å². The molecule has 5 heteroatoms. The van der Waals surface area contributed by atoms with E-state index < -0.39 is 11.6 Å². The Kier molecular flexibility index (Phi) is 4.07. The Labute approximate surface area is 113 Å². The molecular weight excluding hydrogens is 244 g/mol. The number of carbonyl (C=O) groups is 1. The van der Waals surface area contributed by atoms with Crippen LogP contribution in [-0.2, 0) is 4.79 Å². The molecule has 1 aromatic rings. The molecule has 1 atom stereocenters. The zero-order chi connectivity index (χ0) is 13.9. The fourth-order valence-electron chi connectivity index (χ4n) is 2.31. The second-order valence-corrected chi connectivity index (χ2v) is 5.18. The highest BCUT2D eigenvalue weighted by atomic mass is 16.4. The average Bonchev–Trinajstić information content (AvgIpc) is 2.40. The van der Waals surface area contributed by atoms with Gasteiger partial charge in [0.15, 0.2) is 5.60 Å². The molecule has 0 bridgehead atoms. The monoisotopic (exact) mass is 264 g/mol. The minimum absolute atomic E-state index is 0.172. The second-order valence-electron chi connectivity index (χ2n) is 5.18. The van der Waals surface area contributed by atoms with Crippen LogP contribution < -0.4 is 4.90 Å². The van der Waals surface area contributed by atoms with Crippen LogP contribution in [0.25, 0.3) is 0 Å². The highest BCUT2D eigenvalue weighted by Crippen LogP contribution is 2.16. The van der Waals surface area contributed by atoms with Crippen LogP contribution in [0.4, 0.5) is 5.69 Å². The summed E-state index contributed by atoms with van der Waals surface area (Å²) in [6, 6.07) is 10.2. The summed E-state index contributed by atoms with van der Waals surface area (Å²) in [6.45, 7) is 4.74. The Morgan fingerprint density at radius 2 is 1.79 bits per heavy atom. The number of hydrogen-bond donors (Lipinski definition) is 2. The van der Waals surface area contributed by atoms with E-state index in [0.717, 1.165) is 26.2 Å². The normalized spacial score (nSPS) is 20.0. The van der Waals surface area contributed by atoms with Gasteiger partial charge in [0.25, 0.3) is 0 Å². The van der Waals surface area contributed by atoms with E-state index in [1.165, 1.54) is 12.6 Å². The van der Waals surface area contributed by atoms with Gasteiger partial charge in [-0.05, 0) is 19.1 Å². The molecule has 0 amide bonds. The van der Waals surface area contributed by atoms with E-state index in [1.54, 1.807) is 0 Å². The Bertz CT molecular complexity index is 426. The first kappa shape index (κ1) is 13.8. The minimum atomic E-state index is -1.67. The zero-order valence-electron chi connectivity index (χ0n) is 11.1. The molecule has 1 heterocycles. The van der Waals surface area contributed by atoms with Gasteiger partial charge in [-0.3, -0.25) is 4.90 Å². The number of aliphatic carboxylic acids is 1. The zero-order valence-corrected chi connectivity index (χ0v) is 11.1. The summed E-state index contributed by atoms with van der Waals surface area (Å²) >= 11 is 0. The molecule has 2 rings (SSSR count). The van der Waals surface area contributed by atoms with Crippen LogP contribution in [-0.4, -0.2) is 59.4 Å². The first-order chi connectivity index (χ1) is 8.99. The van der Waals surface area contributed by atoms with Crippen molar-refractivity contribution >= 4 is 11.7 Å². The van der Waals surface area contributed by atoms with E-state index in [0.29, 0.717) is 0 Å². The van der Waals surface area contributed by atoms with Crippen molar-refractivity contribution in [2.24, 2.45) is 0 Å². The van der Waals surface area contributed by atoms with Crippen LogP contribution in [0.3, 0.4) is 0 Å². The van der Waals surface area contributed by atoms with Crippen LogP contribution in [0.5, 0.6) is 0 Å². The summed E-state index contributed by atoms with van der Waals surface area (Å²) in [4.78, 5) is 15.2. The summed E-state index contributed by atoms with van der Waals surface area (Å²) in [5.74, 6) is -1.17. The van der Waals surface area contributed by atoms with Crippen LogP contribution in [0.1, 0.15) is 6.92 Å². The Balaban J connectivity index is 1.88.